The monoisotopic (exact) mass is 318 g/mol. The van der Waals surface area contributed by atoms with Gasteiger partial charge in [0, 0.05) is 18.0 Å². The van der Waals surface area contributed by atoms with Crippen molar-refractivity contribution in [2.45, 2.75) is 0 Å². The SMILES string of the molecule is CNCCNC(=O)c1ccc(-c2ccc3c(c2)OCCO3)s1. The van der Waals surface area contributed by atoms with Crippen LogP contribution in [0.5, 0.6) is 11.5 Å². The van der Waals surface area contributed by atoms with Crippen molar-refractivity contribution in [3.63, 3.8) is 0 Å². The number of ether oxygens (including phenoxy) is 2. The maximum atomic E-state index is 12.0. The summed E-state index contributed by atoms with van der Waals surface area (Å²) in [4.78, 5) is 13.8. The van der Waals surface area contributed by atoms with Crippen LogP contribution in [0, 0.1) is 0 Å². The molecule has 0 spiro atoms. The molecule has 0 saturated heterocycles. The lowest BCUT2D eigenvalue weighted by Gasteiger charge is -2.18. The fourth-order valence-electron chi connectivity index (χ4n) is 2.20. The number of likely N-dealkylation sites (N-methyl/N-ethyl adjacent to an activating group) is 1. The number of fused-ring (bicyclic) bond motifs is 1. The van der Waals surface area contributed by atoms with E-state index in [1.807, 2.05) is 37.4 Å². The first-order valence-corrected chi connectivity index (χ1v) is 8.02. The average molecular weight is 318 g/mol. The standard InChI is InChI=1S/C16H18N2O3S/c1-17-6-7-18-16(19)15-5-4-14(22-15)11-2-3-12-13(10-11)21-9-8-20-12/h2-5,10,17H,6-9H2,1H3,(H,18,19). The summed E-state index contributed by atoms with van der Waals surface area (Å²) in [5.74, 6) is 1.50. The molecule has 0 bridgehead atoms. The van der Waals surface area contributed by atoms with Crippen molar-refractivity contribution in [1.29, 1.82) is 0 Å². The van der Waals surface area contributed by atoms with Crippen molar-refractivity contribution in [3.05, 3.63) is 35.2 Å². The van der Waals surface area contributed by atoms with Gasteiger partial charge in [0.25, 0.3) is 5.91 Å². The summed E-state index contributed by atoms with van der Waals surface area (Å²) in [6.07, 6.45) is 0. The molecule has 1 aromatic heterocycles. The lowest BCUT2D eigenvalue weighted by molar-refractivity contribution is 0.0958. The summed E-state index contributed by atoms with van der Waals surface area (Å²) >= 11 is 1.47. The van der Waals surface area contributed by atoms with Gasteiger partial charge >= 0.3 is 0 Å². The number of hydrogen-bond donors (Lipinski definition) is 2. The Balaban J connectivity index is 1.74. The van der Waals surface area contributed by atoms with E-state index in [0.717, 1.165) is 28.5 Å². The van der Waals surface area contributed by atoms with Crippen LogP contribution in [0.3, 0.4) is 0 Å². The normalized spacial score (nSPS) is 13.0. The Kier molecular flexibility index (Phi) is 4.60. The minimum absolute atomic E-state index is 0.0379. The van der Waals surface area contributed by atoms with E-state index in [2.05, 4.69) is 10.6 Å². The fraction of sp³-hybridized carbons (Fsp3) is 0.312. The van der Waals surface area contributed by atoms with Crippen LogP contribution in [-0.4, -0.2) is 39.3 Å². The van der Waals surface area contributed by atoms with Crippen molar-refractivity contribution >= 4 is 17.2 Å². The van der Waals surface area contributed by atoms with E-state index in [1.165, 1.54) is 11.3 Å². The van der Waals surface area contributed by atoms with Gasteiger partial charge in [0.1, 0.15) is 13.2 Å². The third kappa shape index (κ3) is 3.23. The molecule has 116 valence electrons. The van der Waals surface area contributed by atoms with Gasteiger partial charge in [-0.3, -0.25) is 4.79 Å². The van der Waals surface area contributed by atoms with Crippen LogP contribution in [0.1, 0.15) is 9.67 Å². The van der Waals surface area contributed by atoms with Gasteiger partial charge in [-0.25, -0.2) is 0 Å². The van der Waals surface area contributed by atoms with E-state index >= 15 is 0 Å². The van der Waals surface area contributed by atoms with Gasteiger partial charge < -0.3 is 20.1 Å². The molecule has 22 heavy (non-hydrogen) atoms. The highest BCUT2D eigenvalue weighted by Crippen LogP contribution is 2.36. The molecule has 1 aliphatic rings. The van der Waals surface area contributed by atoms with Crippen LogP contribution in [0.2, 0.25) is 0 Å². The first kappa shape index (κ1) is 14.9. The van der Waals surface area contributed by atoms with Gasteiger partial charge in [0.05, 0.1) is 4.88 Å². The molecule has 0 fully saturated rings. The molecule has 0 atom stereocenters. The van der Waals surface area contributed by atoms with Crippen molar-refractivity contribution in [1.82, 2.24) is 10.6 Å². The highest BCUT2D eigenvalue weighted by Gasteiger charge is 2.14. The first-order valence-electron chi connectivity index (χ1n) is 7.20. The van der Waals surface area contributed by atoms with Gasteiger partial charge in [0.15, 0.2) is 11.5 Å². The summed E-state index contributed by atoms with van der Waals surface area (Å²) < 4.78 is 11.1. The largest absolute Gasteiger partial charge is 0.486 e. The van der Waals surface area contributed by atoms with Crippen molar-refractivity contribution in [3.8, 4) is 21.9 Å². The molecule has 0 aliphatic carbocycles. The van der Waals surface area contributed by atoms with Gasteiger partial charge in [-0.2, -0.15) is 0 Å². The smallest absolute Gasteiger partial charge is 0.261 e. The molecule has 2 N–H and O–H groups in total. The lowest BCUT2D eigenvalue weighted by Crippen LogP contribution is -2.29. The maximum absolute atomic E-state index is 12.0. The van der Waals surface area contributed by atoms with E-state index in [1.54, 1.807) is 0 Å². The number of thiophene rings is 1. The second kappa shape index (κ2) is 6.81. The average Bonchev–Trinajstić information content (AvgIpc) is 3.04. The van der Waals surface area contributed by atoms with E-state index in [-0.39, 0.29) is 5.91 Å². The Hall–Kier alpha value is -2.05. The molecule has 5 nitrogen and oxygen atoms in total. The molecular formula is C16H18N2O3S. The quantitative estimate of drug-likeness (QED) is 0.829. The second-order valence-electron chi connectivity index (χ2n) is 4.88. The Morgan fingerprint density at radius 1 is 1.14 bits per heavy atom. The molecule has 1 amide bonds. The van der Waals surface area contributed by atoms with Gasteiger partial charge in [-0.15, -0.1) is 11.3 Å². The molecule has 0 unspecified atom stereocenters. The van der Waals surface area contributed by atoms with Crippen molar-refractivity contribution < 1.29 is 14.3 Å². The molecule has 0 saturated carbocycles. The summed E-state index contributed by atoms with van der Waals surface area (Å²) in [6.45, 7) is 2.53. The minimum Gasteiger partial charge on any atom is -0.486 e. The topological polar surface area (TPSA) is 59.6 Å². The van der Waals surface area contributed by atoms with E-state index < -0.39 is 0 Å². The Bertz CT molecular complexity index is 669. The Morgan fingerprint density at radius 2 is 1.95 bits per heavy atom. The maximum Gasteiger partial charge on any atom is 0.261 e. The highest BCUT2D eigenvalue weighted by atomic mass is 32.1. The fourth-order valence-corrected chi connectivity index (χ4v) is 3.12. The number of hydrogen-bond acceptors (Lipinski definition) is 5. The van der Waals surface area contributed by atoms with Gasteiger partial charge in [-0.1, -0.05) is 0 Å². The predicted octanol–water partition coefficient (Wildman–Crippen LogP) is 2.14. The highest BCUT2D eigenvalue weighted by molar-refractivity contribution is 7.17. The second-order valence-corrected chi connectivity index (χ2v) is 5.97. The summed E-state index contributed by atoms with van der Waals surface area (Å²) in [5, 5.41) is 5.88. The van der Waals surface area contributed by atoms with Gasteiger partial charge in [-0.05, 0) is 42.9 Å². The number of carbonyl (C=O) groups is 1. The molecule has 3 rings (SSSR count). The van der Waals surface area contributed by atoms with E-state index in [9.17, 15) is 4.79 Å². The van der Waals surface area contributed by atoms with E-state index in [4.69, 9.17) is 9.47 Å². The first-order chi connectivity index (χ1) is 10.8. The third-order valence-electron chi connectivity index (χ3n) is 3.32. The number of carbonyl (C=O) groups excluding carboxylic acids is 1. The minimum atomic E-state index is -0.0379. The van der Waals surface area contributed by atoms with Crippen LogP contribution >= 0.6 is 11.3 Å². The van der Waals surface area contributed by atoms with Crippen LogP contribution in [-0.2, 0) is 0 Å². The molecular weight excluding hydrogens is 300 g/mol. The number of benzene rings is 1. The number of amides is 1. The molecule has 0 radical (unpaired) electrons. The lowest BCUT2D eigenvalue weighted by atomic mass is 10.1. The van der Waals surface area contributed by atoms with Crippen LogP contribution < -0.4 is 20.1 Å². The van der Waals surface area contributed by atoms with Crippen LogP contribution in [0.15, 0.2) is 30.3 Å². The number of rotatable bonds is 5. The van der Waals surface area contributed by atoms with Crippen LogP contribution in [0.25, 0.3) is 10.4 Å². The molecule has 2 aromatic rings. The molecule has 6 heteroatoms. The number of nitrogens with one attached hydrogen (secondary N) is 2. The van der Waals surface area contributed by atoms with Gasteiger partial charge in [0.2, 0.25) is 0 Å². The van der Waals surface area contributed by atoms with Crippen molar-refractivity contribution in [2.75, 3.05) is 33.4 Å². The van der Waals surface area contributed by atoms with Crippen molar-refractivity contribution in [2.24, 2.45) is 0 Å². The zero-order valence-corrected chi connectivity index (χ0v) is 13.2. The molecule has 1 aromatic carbocycles. The zero-order valence-electron chi connectivity index (χ0n) is 12.3. The zero-order chi connectivity index (χ0) is 15.4. The summed E-state index contributed by atoms with van der Waals surface area (Å²) in [5.41, 5.74) is 1.03. The Labute approximate surface area is 133 Å². The molecule has 2 heterocycles. The molecule has 1 aliphatic heterocycles. The Morgan fingerprint density at radius 3 is 2.77 bits per heavy atom. The van der Waals surface area contributed by atoms with E-state index in [0.29, 0.717) is 24.6 Å². The predicted molar refractivity (Wildman–Crippen MR) is 87.0 cm³/mol. The summed E-state index contributed by atoms with van der Waals surface area (Å²) in [7, 11) is 1.86. The van der Waals surface area contributed by atoms with Crippen LogP contribution in [0.4, 0.5) is 0 Å². The third-order valence-corrected chi connectivity index (χ3v) is 4.45. The summed E-state index contributed by atoms with van der Waals surface area (Å²) in [6, 6.07) is 9.68.